The molecule has 288 valence electrons. The average Bonchev–Trinajstić information content (AvgIpc) is 3.83. The molecule has 9 aromatic carbocycles. The minimum atomic E-state index is 0.582. The second kappa shape index (κ2) is 13.6. The van der Waals surface area contributed by atoms with Gasteiger partial charge in [0.25, 0.3) is 0 Å². The Morgan fingerprint density at radius 2 is 0.774 bits per heavy atom. The molecule has 62 heavy (non-hydrogen) atoms. The molecule has 13 rings (SSSR count). The lowest BCUT2D eigenvalue weighted by Crippen LogP contribution is -2.06. The zero-order valence-electron chi connectivity index (χ0n) is 33.4. The van der Waals surface area contributed by atoms with Crippen molar-refractivity contribution in [3.8, 4) is 34.4 Å². The highest BCUT2D eigenvalue weighted by Crippen LogP contribution is 2.50. The van der Waals surface area contributed by atoms with Gasteiger partial charge in [-0.15, -0.1) is 0 Å². The molecule has 0 saturated carbocycles. The summed E-state index contributed by atoms with van der Waals surface area (Å²) in [6, 6.07) is 75.8. The predicted molar refractivity (Wildman–Crippen MR) is 255 cm³/mol. The minimum absolute atomic E-state index is 0.582. The van der Waals surface area contributed by atoms with Crippen LogP contribution in [0.1, 0.15) is 22.3 Å². The number of hydrogen-bond donors (Lipinski definition) is 0. The molecule has 0 unspecified atom stereocenters. The molecule has 0 aliphatic heterocycles. The molecule has 0 bridgehead atoms. The first-order valence-electron chi connectivity index (χ1n) is 21.0. The van der Waals surface area contributed by atoms with E-state index in [-0.39, 0.29) is 0 Å². The standard InChI is InChI=1S/C57H35N5/c1-4-16-36(17-5-1)50-45-26-15-29-48-53(45)54-49(62(48)57-59-55(39-18-6-2-7-19-39)58-56(60-57)40-20-8-3-9-21-40)35-32-37-22-14-25-44(52(37)54)51(50)38-30-33-41(34-31-38)61-46-27-12-10-23-42(46)43-24-11-13-28-47(43)61/h1-35H. The molecule has 1 aliphatic carbocycles. The van der Waals surface area contributed by atoms with Gasteiger partial charge in [-0.05, 0) is 80.6 Å². The molecular weight excluding hydrogens is 755 g/mol. The summed E-state index contributed by atoms with van der Waals surface area (Å²) in [5, 5.41) is 7.28. The fourth-order valence-corrected chi connectivity index (χ4v) is 9.91. The lowest BCUT2D eigenvalue weighted by atomic mass is 9.85. The Balaban J connectivity index is 1.10. The number of nitrogens with zero attached hydrogens (tertiary/aromatic N) is 5. The van der Waals surface area contributed by atoms with Crippen LogP contribution in [0.2, 0.25) is 0 Å². The molecule has 5 heteroatoms. The summed E-state index contributed by atoms with van der Waals surface area (Å²) in [5.74, 6) is 1.84. The van der Waals surface area contributed by atoms with Gasteiger partial charge in [-0.25, -0.2) is 4.98 Å². The summed E-state index contributed by atoms with van der Waals surface area (Å²) < 4.78 is 4.64. The Bertz CT molecular complexity index is 3660. The second-order valence-corrected chi connectivity index (χ2v) is 15.9. The number of hydrogen-bond acceptors (Lipinski definition) is 3. The second-order valence-electron chi connectivity index (χ2n) is 15.9. The van der Waals surface area contributed by atoms with Crippen LogP contribution in [0.5, 0.6) is 0 Å². The van der Waals surface area contributed by atoms with Gasteiger partial charge in [0.1, 0.15) is 0 Å². The van der Waals surface area contributed by atoms with E-state index in [1.807, 2.05) is 36.4 Å². The third-order valence-electron chi connectivity index (χ3n) is 12.5. The van der Waals surface area contributed by atoms with E-state index >= 15 is 0 Å². The fourth-order valence-electron chi connectivity index (χ4n) is 9.91. The van der Waals surface area contributed by atoms with E-state index < -0.39 is 0 Å². The smallest absolute Gasteiger partial charge is 0.238 e. The fraction of sp³-hybridized carbons (Fsp3) is 0. The van der Waals surface area contributed by atoms with Crippen molar-refractivity contribution in [2.24, 2.45) is 0 Å². The van der Waals surface area contributed by atoms with Crippen molar-refractivity contribution >= 4 is 65.5 Å². The van der Waals surface area contributed by atoms with Gasteiger partial charge in [-0.1, -0.05) is 176 Å². The van der Waals surface area contributed by atoms with E-state index in [2.05, 4.69) is 185 Å². The number of aromatic nitrogens is 5. The summed E-state index contributed by atoms with van der Waals surface area (Å²) in [5.41, 5.74) is 14.6. The molecule has 0 amide bonds. The van der Waals surface area contributed by atoms with Gasteiger partial charge in [-0.3, -0.25) is 4.57 Å². The van der Waals surface area contributed by atoms with E-state index in [0.29, 0.717) is 17.6 Å². The van der Waals surface area contributed by atoms with Gasteiger partial charge >= 0.3 is 0 Å². The van der Waals surface area contributed by atoms with Crippen molar-refractivity contribution in [2.75, 3.05) is 0 Å². The lowest BCUT2D eigenvalue weighted by molar-refractivity contribution is 0.953. The summed E-state index contributed by atoms with van der Waals surface area (Å²) in [6.07, 6.45) is 0. The first kappa shape index (κ1) is 34.5. The van der Waals surface area contributed by atoms with Crippen molar-refractivity contribution in [1.82, 2.24) is 24.1 Å². The zero-order valence-corrected chi connectivity index (χ0v) is 33.4. The van der Waals surface area contributed by atoms with Crippen LogP contribution in [0.15, 0.2) is 212 Å². The van der Waals surface area contributed by atoms with Crippen molar-refractivity contribution in [1.29, 1.82) is 0 Å². The summed E-state index contributed by atoms with van der Waals surface area (Å²) >= 11 is 0. The van der Waals surface area contributed by atoms with E-state index in [1.54, 1.807) is 0 Å². The lowest BCUT2D eigenvalue weighted by Gasteiger charge is -2.19. The maximum Gasteiger partial charge on any atom is 0.238 e. The monoisotopic (exact) mass is 789 g/mol. The first-order valence-corrected chi connectivity index (χ1v) is 21.0. The average molecular weight is 790 g/mol. The van der Waals surface area contributed by atoms with E-state index in [9.17, 15) is 0 Å². The van der Waals surface area contributed by atoms with Crippen molar-refractivity contribution in [2.45, 2.75) is 0 Å². The van der Waals surface area contributed by atoms with Gasteiger partial charge in [0.2, 0.25) is 5.95 Å². The van der Waals surface area contributed by atoms with Gasteiger partial charge in [-0.2, -0.15) is 9.97 Å². The predicted octanol–water partition coefficient (Wildman–Crippen LogP) is 13.9. The Kier molecular flexibility index (Phi) is 7.54. The maximum atomic E-state index is 5.26. The molecule has 1 aliphatic rings. The number of fused-ring (bicyclic) bond motifs is 3. The normalized spacial score (nSPS) is 12.5. The Morgan fingerprint density at radius 3 is 1.39 bits per heavy atom. The molecule has 0 radical (unpaired) electrons. The van der Waals surface area contributed by atoms with Gasteiger partial charge in [0.05, 0.1) is 22.1 Å². The van der Waals surface area contributed by atoms with E-state index in [4.69, 9.17) is 15.0 Å². The first-order chi connectivity index (χ1) is 30.8. The quantitative estimate of drug-likeness (QED) is 0.169. The molecule has 3 heterocycles. The third kappa shape index (κ3) is 5.12. The topological polar surface area (TPSA) is 48.5 Å². The highest BCUT2D eigenvalue weighted by atomic mass is 15.2. The Labute approximate surface area is 357 Å². The molecule has 3 aromatic heterocycles. The van der Waals surface area contributed by atoms with Crippen LogP contribution >= 0.6 is 0 Å². The zero-order chi connectivity index (χ0) is 40.7. The SMILES string of the molecule is c1ccc(C2=C(c3ccc(-n4c5ccccc5c5ccccc54)cc3)c3cccc4ccc5c(c34)c3c2cccc3n5-c2nc(-c3ccccc3)nc(-c3ccccc3)n2)cc1. The number of benzene rings is 9. The van der Waals surface area contributed by atoms with E-state index in [1.165, 1.54) is 65.6 Å². The third-order valence-corrected chi connectivity index (χ3v) is 12.5. The molecular formula is C57H35N5. The summed E-state index contributed by atoms with van der Waals surface area (Å²) in [7, 11) is 0. The van der Waals surface area contributed by atoms with Crippen LogP contribution < -0.4 is 0 Å². The minimum Gasteiger partial charge on any atom is -0.309 e. The number of rotatable bonds is 6. The molecule has 0 saturated heterocycles. The Morgan fingerprint density at radius 1 is 0.290 bits per heavy atom. The van der Waals surface area contributed by atoms with Gasteiger partial charge in [0, 0.05) is 38.4 Å². The molecule has 0 fully saturated rings. The van der Waals surface area contributed by atoms with Gasteiger partial charge in [0.15, 0.2) is 11.6 Å². The highest BCUT2D eigenvalue weighted by molar-refractivity contribution is 6.31. The highest BCUT2D eigenvalue weighted by Gasteiger charge is 2.29. The summed E-state index contributed by atoms with van der Waals surface area (Å²) in [4.78, 5) is 15.6. The van der Waals surface area contributed by atoms with Crippen LogP contribution in [0.4, 0.5) is 0 Å². The van der Waals surface area contributed by atoms with Crippen LogP contribution in [0, 0.1) is 0 Å². The molecule has 12 aromatic rings. The van der Waals surface area contributed by atoms with Crippen molar-refractivity contribution < 1.29 is 0 Å². The largest absolute Gasteiger partial charge is 0.309 e. The molecule has 0 atom stereocenters. The molecule has 5 nitrogen and oxygen atoms in total. The van der Waals surface area contributed by atoms with Crippen LogP contribution in [0.25, 0.3) is 99.9 Å². The number of para-hydroxylation sites is 2. The maximum absolute atomic E-state index is 5.26. The van der Waals surface area contributed by atoms with Gasteiger partial charge < -0.3 is 4.57 Å². The van der Waals surface area contributed by atoms with Crippen LogP contribution in [0.3, 0.4) is 0 Å². The van der Waals surface area contributed by atoms with Crippen molar-refractivity contribution in [3.63, 3.8) is 0 Å². The van der Waals surface area contributed by atoms with E-state index in [0.717, 1.165) is 39.0 Å². The van der Waals surface area contributed by atoms with Crippen LogP contribution in [-0.4, -0.2) is 24.1 Å². The van der Waals surface area contributed by atoms with Crippen molar-refractivity contribution in [3.05, 3.63) is 235 Å². The van der Waals surface area contributed by atoms with Crippen LogP contribution in [-0.2, 0) is 0 Å². The molecule has 0 spiro atoms. The summed E-state index contributed by atoms with van der Waals surface area (Å²) in [6.45, 7) is 0. The Hall–Kier alpha value is -8.41. The molecule has 0 N–H and O–H groups in total.